The number of likely N-dealkylation sites (tertiary alicyclic amines) is 1. The second kappa shape index (κ2) is 8.32. The average molecular weight is 413 g/mol. The number of fused-ring (bicyclic) bond motifs is 2. The first-order chi connectivity index (χ1) is 14.1. The van der Waals surface area contributed by atoms with E-state index in [0.29, 0.717) is 5.41 Å². The fourth-order valence-corrected chi connectivity index (χ4v) is 5.47. The lowest BCUT2D eigenvalue weighted by Gasteiger charge is -2.51. The molecule has 1 saturated heterocycles. The molecule has 5 rings (SSSR count). The summed E-state index contributed by atoms with van der Waals surface area (Å²) in [6.07, 6.45) is 7.42. The molecule has 29 heavy (non-hydrogen) atoms. The average Bonchev–Trinajstić information content (AvgIpc) is 2.72. The summed E-state index contributed by atoms with van der Waals surface area (Å²) in [5.41, 5.74) is 2.69. The van der Waals surface area contributed by atoms with E-state index in [-0.39, 0.29) is 5.92 Å². The van der Waals surface area contributed by atoms with Gasteiger partial charge >= 0.3 is 5.97 Å². The maximum atomic E-state index is 11.1. The van der Waals surface area contributed by atoms with E-state index >= 15 is 0 Å². The van der Waals surface area contributed by atoms with Crippen LogP contribution >= 0.6 is 11.8 Å². The van der Waals surface area contributed by atoms with Gasteiger partial charge in [0.25, 0.3) is 0 Å². The second-order valence-corrected chi connectivity index (χ2v) is 9.02. The normalized spacial score (nSPS) is 19.8. The Labute approximate surface area is 176 Å². The smallest absolute Gasteiger partial charge is 0.306 e. The van der Waals surface area contributed by atoms with E-state index in [9.17, 15) is 4.79 Å². The van der Waals surface area contributed by atoms with E-state index < -0.39 is 5.97 Å². The molecule has 2 N–H and O–H groups in total. The van der Waals surface area contributed by atoms with Crippen molar-refractivity contribution in [3.05, 3.63) is 36.2 Å². The molecule has 0 bridgehead atoms. The van der Waals surface area contributed by atoms with Crippen LogP contribution in [0.3, 0.4) is 0 Å². The van der Waals surface area contributed by atoms with Gasteiger partial charge < -0.3 is 10.4 Å². The van der Waals surface area contributed by atoms with Crippen molar-refractivity contribution in [2.24, 2.45) is 11.3 Å². The summed E-state index contributed by atoms with van der Waals surface area (Å²) in [6.45, 7) is 7.05. The highest BCUT2D eigenvalue weighted by molar-refractivity contribution is 7.99. The maximum Gasteiger partial charge on any atom is 0.306 e. The van der Waals surface area contributed by atoms with Crippen molar-refractivity contribution < 1.29 is 9.90 Å². The van der Waals surface area contributed by atoms with Gasteiger partial charge in [-0.2, -0.15) is 0 Å². The maximum absolute atomic E-state index is 11.1. The van der Waals surface area contributed by atoms with Crippen LogP contribution < -0.4 is 5.32 Å². The van der Waals surface area contributed by atoms with Gasteiger partial charge in [0.1, 0.15) is 5.03 Å². The van der Waals surface area contributed by atoms with Crippen molar-refractivity contribution in [2.75, 3.05) is 18.4 Å². The monoisotopic (exact) mass is 412 g/mol. The number of aromatic nitrogens is 2. The Morgan fingerprint density at radius 2 is 1.97 bits per heavy atom. The molecule has 3 aliphatic rings. The molecule has 3 heterocycles. The molecular formula is C22H28N4O2S. The van der Waals surface area contributed by atoms with Crippen LogP contribution in [-0.2, 0) is 11.3 Å². The fraction of sp³-hybridized carbons (Fsp3) is 0.500. The molecule has 2 fully saturated rings. The highest BCUT2D eigenvalue weighted by Gasteiger charge is 2.48. The molecule has 7 heteroatoms. The summed E-state index contributed by atoms with van der Waals surface area (Å²) in [6, 6.07) is 6.58. The lowest BCUT2D eigenvalue weighted by Crippen LogP contribution is -2.48. The second-order valence-electron chi connectivity index (χ2n) is 7.99. The lowest BCUT2D eigenvalue weighted by atomic mass is 9.57. The Kier molecular flexibility index (Phi) is 5.79. The molecular weight excluding hydrogens is 384 g/mol. The zero-order valence-electron chi connectivity index (χ0n) is 17.0. The molecule has 2 aromatic rings. The number of carboxylic acids is 1. The number of carboxylic acid groups (broad SMARTS) is 1. The van der Waals surface area contributed by atoms with E-state index in [0.717, 1.165) is 61.8 Å². The third-order valence-electron chi connectivity index (χ3n) is 6.20. The summed E-state index contributed by atoms with van der Waals surface area (Å²) in [7, 11) is 0. The van der Waals surface area contributed by atoms with Crippen molar-refractivity contribution in [3.63, 3.8) is 0 Å². The number of nitrogens with one attached hydrogen (secondary N) is 1. The summed E-state index contributed by atoms with van der Waals surface area (Å²) in [5.74, 6) is 0.102. The zero-order chi connectivity index (χ0) is 20.4. The van der Waals surface area contributed by atoms with Crippen molar-refractivity contribution in [1.29, 1.82) is 0 Å². The SMILES string of the molecule is CC.O=C(O)C1CC2(CCN(Cc3ccc4c(c3)Nc3nccnc3S4)CC2)C1. The summed E-state index contributed by atoms with van der Waals surface area (Å²) < 4.78 is 0. The summed E-state index contributed by atoms with van der Waals surface area (Å²) in [5, 5.41) is 13.4. The van der Waals surface area contributed by atoms with Crippen molar-refractivity contribution in [1.82, 2.24) is 14.9 Å². The predicted molar refractivity (Wildman–Crippen MR) is 115 cm³/mol. The first-order valence-corrected chi connectivity index (χ1v) is 11.3. The minimum absolute atomic E-state index is 0.105. The highest BCUT2D eigenvalue weighted by atomic mass is 32.2. The summed E-state index contributed by atoms with van der Waals surface area (Å²) in [4.78, 5) is 23.5. The first kappa shape index (κ1) is 20.2. The van der Waals surface area contributed by atoms with Gasteiger partial charge in [-0.25, -0.2) is 9.97 Å². The van der Waals surface area contributed by atoms with Gasteiger partial charge in [-0.05, 0) is 61.9 Å². The molecule has 1 aromatic heterocycles. The Hall–Kier alpha value is -2.12. The molecule has 0 unspecified atom stereocenters. The number of hydrogen-bond acceptors (Lipinski definition) is 6. The Morgan fingerprint density at radius 3 is 2.69 bits per heavy atom. The third kappa shape index (κ3) is 4.12. The highest BCUT2D eigenvalue weighted by Crippen LogP contribution is 2.52. The van der Waals surface area contributed by atoms with Gasteiger partial charge in [-0.15, -0.1) is 0 Å². The van der Waals surface area contributed by atoms with Gasteiger partial charge in [0.15, 0.2) is 5.82 Å². The Morgan fingerprint density at radius 1 is 1.24 bits per heavy atom. The van der Waals surface area contributed by atoms with Gasteiger partial charge in [-0.1, -0.05) is 31.7 Å². The van der Waals surface area contributed by atoms with Crippen molar-refractivity contribution in [2.45, 2.75) is 56.0 Å². The largest absolute Gasteiger partial charge is 0.481 e. The topological polar surface area (TPSA) is 78.4 Å². The van der Waals surface area contributed by atoms with Crippen molar-refractivity contribution in [3.8, 4) is 0 Å². The van der Waals surface area contributed by atoms with Crippen LogP contribution in [0.2, 0.25) is 0 Å². The molecule has 1 spiro atoms. The van der Waals surface area contributed by atoms with Crippen LogP contribution in [0.25, 0.3) is 0 Å². The minimum Gasteiger partial charge on any atom is -0.481 e. The minimum atomic E-state index is -0.617. The van der Waals surface area contributed by atoms with Crippen LogP contribution in [0.5, 0.6) is 0 Å². The van der Waals surface area contributed by atoms with Crippen LogP contribution in [0.15, 0.2) is 40.5 Å². The Balaban J connectivity index is 0.000000994. The van der Waals surface area contributed by atoms with E-state index in [2.05, 4.69) is 38.4 Å². The standard InChI is InChI=1S/C20H22N4O2S.C2H6/c25-19(26)14-10-20(11-14)3-7-24(8-4-20)12-13-1-2-16-15(9-13)23-17-18(27-16)22-6-5-21-17;1-2/h1-2,5-6,9,14H,3-4,7-8,10-12H2,(H,21,23)(H,25,26);1-2H3. The number of piperidine rings is 1. The van der Waals surface area contributed by atoms with E-state index in [1.54, 1.807) is 24.2 Å². The van der Waals surface area contributed by atoms with E-state index in [1.165, 1.54) is 10.5 Å². The fourth-order valence-electron chi connectivity index (χ4n) is 4.59. The summed E-state index contributed by atoms with van der Waals surface area (Å²) >= 11 is 1.65. The van der Waals surface area contributed by atoms with Gasteiger partial charge in [-0.3, -0.25) is 9.69 Å². The lowest BCUT2D eigenvalue weighted by molar-refractivity contribution is -0.152. The van der Waals surface area contributed by atoms with Crippen LogP contribution in [0, 0.1) is 11.3 Å². The Bertz CT molecular complexity index is 888. The van der Waals surface area contributed by atoms with Crippen LogP contribution in [0.1, 0.15) is 45.1 Å². The molecule has 0 atom stereocenters. The van der Waals surface area contributed by atoms with Crippen molar-refractivity contribution >= 4 is 29.2 Å². The number of rotatable bonds is 3. The van der Waals surface area contributed by atoms with Gasteiger partial charge in [0, 0.05) is 23.8 Å². The number of benzene rings is 1. The molecule has 2 aliphatic heterocycles. The molecule has 0 radical (unpaired) electrons. The van der Waals surface area contributed by atoms with Gasteiger partial charge in [0.2, 0.25) is 0 Å². The quantitative estimate of drug-likeness (QED) is 0.640. The number of aliphatic carboxylic acids is 1. The molecule has 154 valence electrons. The molecule has 1 aromatic carbocycles. The van der Waals surface area contributed by atoms with Crippen LogP contribution in [0.4, 0.5) is 11.5 Å². The molecule has 6 nitrogen and oxygen atoms in total. The number of nitrogens with zero attached hydrogens (tertiary/aromatic N) is 3. The molecule has 1 saturated carbocycles. The number of hydrogen-bond donors (Lipinski definition) is 2. The van der Waals surface area contributed by atoms with E-state index in [4.69, 9.17) is 5.11 Å². The zero-order valence-corrected chi connectivity index (χ0v) is 17.8. The van der Waals surface area contributed by atoms with Gasteiger partial charge in [0.05, 0.1) is 11.6 Å². The number of carbonyl (C=O) groups is 1. The number of anilines is 2. The predicted octanol–water partition coefficient (Wildman–Crippen LogP) is 4.79. The van der Waals surface area contributed by atoms with E-state index in [1.807, 2.05) is 13.8 Å². The molecule has 1 aliphatic carbocycles. The first-order valence-electron chi connectivity index (χ1n) is 10.4. The molecule has 0 amide bonds. The third-order valence-corrected chi connectivity index (χ3v) is 7.27. The van der Waals surface area contributed by atoms with Crippen LogP contribution in [-0.4, -0.2) is 39.0 Å².